The molecular formula is C17H19ClN4. The number of nitrogens with one attached hydrogen (secondary N) is 1. The van der Waals surface area contributed by atoms with Gasteiger partial charge in [0.25, 0.3) is 0 Å². The van der Waals surface area contributed by atoms with Crippen LogP contribution in [0.1, 0.15) is 36.4 Å². The smallest absolute Gasteiger partial charge is 0.134 e. The first-order chi connectivity index (χ1) is 10.8. The fraction of sp³-hybridized carbons (Fsp3) is 0.412. The normalized spacial score (nSPS) is 20.2. The predicted molar refractivity (Wildman–Crippen MR) is 89.6 cm³/mol. The maximum Gasteiger partial charge on any atom is 0.134 e. The lowest BCUT2D eigenvalue weighted by molar-refractivity contribution is 0.756. The van der Waals surface area contributed by atoms with Crippen LogP contribution in [0.25, 0.3) is 0 Å². The molecule has 1 unspecified atom stereocenters. The summed E-state index contributed by atoms with van der Waals surface area (Å²) in [6, 6.07) is 8.51. The van der Waals surface area contributed by atoms with E-state index in [-0.39, 0.29) is 6.04 Å². The highest BCUT2D eigenvalue weighted by molar-refractivity contribution is 6.31. The van der Waals surface area contributed by atoms with E-state index in [1.54, 1.807) is 6.33 Å². The second-order valence-corrected chi connectivity index (χ2v) is 6.41. The van der Waals surface area contributed by atoms with Crippen LogP contribution in [-0.2, 0) is 6.42 Å². The average molecular weight is 315 g/mol. The maximum absolute atomic E-state index is 6.29. The Bertz CT molecular complexity index is 682. The van der Waals surface area contributed by atoms with Gasteiger partial charge in [-0.05, 0) is 42.9 Å². The van der Waals surface area contributed by atoms with E-state index in [2.05, 4.69) is 32.3 Å². The van der Waals surface area contributed by atoms with Gasteiger partial charge in [-0.25, -0.2) is 9.97 Å². The Balaban J connectivity index is 1.55. The Morgan fingerprint density at radius 3 is 2.91 bits per heavy atom. The van der Waals surface area contributed by atoms with E-state index in [0.29, 0.717) is 0 Å². The molecule has 2 heterocycles. The van der Waals surface area contributed by atoms with Crippen molar-refractivity contribution in [3.8, 4) is 0 Å². The molecule has 0 amide bonds. The topological polar surface area (TPSA) is 41.0 Å². The van der Waals surface area contributed by atoms with Gasteiger partial charge in [-0.3, -0.25) is 0 Å². The van der Waals surface area contributed by atoms with Crippen LogP contribution in [0.3, 0.4) is 0 Å². The zero-order valence-electron chi connectivity index (χ0n) is 12.4. The minimum atomic E-state index is 0.287. The van der Waals surface area contributed by atoms with Crippen LogP contribution in [0.4, 0.5) is 11.6 Å². The number of hydrogen-bond acceptors (Lipinski definition) is 4. The van der Waals surface area contributed by atoms with Gasteiger partial charge in [0.1, 0.15) is 18.0 Å². The van der Waals surface area contributed by atoms with E-state index in [1.165, 1.54) is 24.0 Å². The number of rotatable bonds is 3. The first-order valence-electron chi connectivity index (χ1n) is 7.92. The van der Waals surface area contributed by atoms with E-state index in [9.17, 15) is 0 Å². The fourth-order valence-corrected chi connectivity index (χ4v) is 3.76. The molecule has 2 aromatic rings. The SMILES string of the molecule is Clc1cccc2c1CCC2Nc1cc(N2CCCC2)ncn1. The number of halogens is 1. The van der Waals surface area contributed by atoms with Crippen molar-refractivity contribution >= 4 is 23.2 Å². The van der Waals surface area contributed by atoms with Crippen molar-refractivity contribution in [2.45, 2.75) is 31.7 Å². The monoisotopic (exact) mass is 314 g/mol. The second kappa shape index (κ2) is 5.76. The van der Waals surface area contributed by atoms with Gasteiger partial charge in [-0.15, -0.1) is 0 Å². The summed E-state index contributed by atoms with van der Waals surface area (Å²) >= 11 is 6.29. The molecule has 4 rings (SSSR count). The average Bonchev–Trinajstić information content (AvgIpc) is 3.19. The number of aromatic nitrogens is 2. The summed E-state index contributed by atoms with van der Waals surface area (Å²) in [5.74, 6) is 1.93. The molecule has 1 saturated heterocycles. The number of hydrogen-bond donors (Lipinski definition) is 1. The number of anilines is 2. The van der Waals surface area contributed by atoms with Crippen LogP contribution in [-0.4, -0.2) is 23.1 Å². The lowest BCUT2D eigenvalue weighted by Crippen LogP contribution is -2.19. The minimum Gasteiger partial charge on any atom is -0.363 e. The van der Waals surface area contributed by atoms with Crippen molar-refractivity contribution in [3.05, 3.63) is 46.7 Å². The van der Waals surface area contributed by atoms with Crippen LogP contribution in [0.5, 0.6) is 0 Å². The molecule has 0 bridgehead atoms. The highest BCUT2D eigenvalue weighted by Gasteiger charge is 2.24. The molecule has 2 aliphatic rings. The highest BCUT2D eigenvalue weighted by Crippen LogP contribution is 2.37. The number of benzene rings is 1. The first-order valence-corrected chi connectivity index (χ1v) is 8.30. The molecule has 1 atom stereocenters. The van der Waals surface area contributed by atoms with Gasteiger partial charge in [-0.1, -0.05) is 23.7 Å². The lowest BCUT2D eigenvalue weighted by atomic mass is 10.1. The molecule has 4 nitrogen and oxygen atoms in total. The molecule has 1 aliphatic heterocycles. The van der Waals surface area contributed by atoms with E-state index in [1.807, 2.05) is 12.1 Å². The summed E-state index contributed by atoms with van der Waals surface area (Å²) in [5.41, 5.74) is 2.57. The molecule has 0 radical (unpaired) electrons. The molecule has 5 heteroatoms. The molecule has 0 saturated carbocycles. The van der Waals surface area contributed by atoms with Gasteiger partial charge in [0, 0.05) is 24.2 Å². The van der Waals surface area contributed by atoms with Gasteiger partial charge in [0.05, 0.1) is 6.04 Å². The standard InChI is InChI=1S/C17H19ClN4/c18-14-5-3-4-13-12(14)6-7-15(13)21-16-10-17(20-11-19-16)22-8-1-2-9-22/h3-5,10-11,15H,1-2,6-9H2,(H,19,20,21). The summed E-state index contributed by atoms with van der Waals surface area (Å²) in [5, 5.41) is 4.43. The fourth-order valence-electron chi connectivity index (χ4n) is 3.48. The van der Waals surface area contributed by atoms with E-state index >= 15 is 0 Å². The highest BCUT2D eigenvalue weighted by atomic mass is 35.5. The molecule has 1 N–H and O–H groups in total. The zero-order valence-corrected chi connectivity index (χ0v) is 13.2. The summed E-state index contributed by atoms with van der Waals surface area (Å²) in [7, 11) is 0. The third kappa shape index (κ3) is 2.52. The lowest BCUT2D eigenvalue weighted by Gasteiger charge is -2.19. The third-order valence-corrected chi connectivity index (χ3v) is 4.97. The van der Waals surface area contributed by atoms with Crippen LogP contribution in [0, 0.1) is 0 Å². The maximum atomic E-state index is 6.29. The van der Waals surface area contributed by atoms with Gasteiger partial charge in [0.2, 0.25) is 0 Å². The predicted octanol–water partition coefficient (Wildman–Crippen LogP) is 3.83. The molecule has 1 aromatic carbocycles. The Morgan fingerprint density at radius 2 is 2.05 bits per heavy atom. The van der Waals surface area contributed by atoms with E-state index < -0.39 is 0 Å². The third-order valence-electron chi connectivity index (χ3n) is 4.62. The van der Waals surface area contributed by atoms with Gasteiger partial charge < -0.3 is 10.2 Å². The Hall–Kier alpha value is -1.81. The zero-order chi connectivity index (χ0) is 14.9. The summed E-state index contributed by atoms with van der Waals surface area (Å²) < 4.78 is 0. The Morgan fingerprint density at radius 1 is 1.18 bits per heavy atom. The number of fused-ring (bicyclic) bond motifs is 1. The summed E-state index contributed by atoms with van der Waals surface area (Å²) in [6.07, 6.45) is 6.24. The van der Waals surface area contributed by atoms with E-state index in [4.69, 9.17) is 11.6 Å². The van der Waals surface area contributed by atoms with Crippen molar-refractivity contribution < 1.29 is 0 Å². The van der Waals surface area contributed by atoms with Crippen LogP contribution in [0.15, 0.2) is 30.6 Å². The molecular weight excluding hydrogens is 296 g/mol. The van der Waals surface area contributed by atoms with Crippen molar-refractivity contribution in [2.24, 2.45) is 0 Å². The first kappa shape index (κ1) is 13.8. The van der Waals surface area contributed by atoms with Crippen molar-refractivity contribution in [2.75, 3.05) is 23.3 Å². The Kier molecular flexibility index (Phi) is 3.62. The van der Waals surface area contributed by atoms with Crippen molar-refractivity contribution in [1.82, 2.24) is 9.97 Å². The van der Waals surface area contributed by atoms with Crippen molar-refractivity contribution in [3.63, 3.8) is 0 Å². The van der Waals surface area contributed by atoms with E-state index in [0.717, 1.165) is 42.6 Å². The molecule has 1 aliphatic carbocycles. The van der Waals surface area contributed by atoms with Gasteiger partial charge in [0.15, 0.2) is 0 Å². The Labute approximate surface area is 135 Å². The molecule has 22 heavy (non-hydrogen) atoms. The number of nitrogens with zero attached hydrogens (tertiary/aromatic N) is 3. The van der Waals surface area contributed by atoms with Crippen molar-refractivity contribution in [1.29, 1.82) is 0 Å². The molecule has 1 aromatic heterocycles. The van der Waals surface area contributed by atoms with Gasteiger partial charge in [-0.2, -0.15) is 0 Å². The van der Waals surface area contributed by atoms with Gasteiger partial charge >= 0.3 is 0 Å². The summed E-state index contributed by atoms with van der Waals surface area (Å²) in [4.78, 5) is 11.1. The van der Waals surface area contributed by atoms with Crippen LogP contribution < -0.4 is 10.2 Å². The molecule has 1 fully saturated rings. The van der Waals surface area contributed by atoms with Crippen LogP contribution >= 0.6 is 11.6 Å². The largest absolute Gasteiger partial charge is 0.363 e. The summed E-state index contributed by atoms with van der Waals surface area (Å²) in [6.45, 7) is 2.19. The molecule has 0 spiro atoms. The minimum absolute atomic E-state index is 0.287. The second-order valence-electron chi connectivity index (χ2n) is 6.00. The quantitative estimate of drug-likeness (QED) is 0.935. The van der Waals surface area contributed by atoms with Crippen LogP contribution in [0.2, 0.25) is 5.02 Å². The molecule has 114 valence electrons.